The predicted molar refractivity (Wildman–Crippen MR) is 53.6 cm³/mol. The molecule has 0 radical (unpaired) electrons. The molecule has 0 aliphatic heterocycles. The van der Waals surface area contributed by atoms with Crippen molar-refractivity contribution in [3.63, 3.8) is 0 Å². The van der Waals surface area contributed by atoms with Crippen molar-refractivity contribution in [1.29, 1.82) is 0 Å². The molecule has 1 aliphatic carbocycles. The third kappa shape index (κ3) is 2.60. The Hall–Kier alpha value is -1.10. The van der Waals surface area contributed by atoms with E-state index in [9.17, 15) is 22.7 Å². The fourth-order valence-corrected chi connectivity index (χ4v) is 2.25. The average Bonchev–Trinajstić information content (AvgIpc) is 2.58. The smallest absolute Gasteiger partial charge is 0.248 e. The summed E-state index contributed by atoms with van der Waals surface area (Å²) in [6.07, 6.45) is -1.91. The highest BCUT2D eigenvalue weighted by Crippen LogP contribution is 2.44. The minimum absolute atomic E-state index is 0.117. The van der Waals surface area contributed by atoms with Crippen LogP contribution >= 0.6 is 0 Å². The lowest BCUT2D eigenvalue weighted by Gasteiger charge is -2.19. The molecule has 1 aliphatic rings. The first-order valence-electron chi connectivity index (χ1n) is 5.40. The normalized spacial score (nSPS) is 24.9. The second-order valence-electron chi connectivity index (χ2n) is 4.47. The molecular formula is C12H12F4O. The van der Waals surface area contributed by atoms with Gasteiger partial charge >= 0.3 is 0 Å². The Labute approximate surface area is 96.1 Å². The average molecular weight is 248 g/mol. The lowest BCUT2D eigenvalue weighted by molar-refractivity contribution is -0.00546. The first-order valence-corrected chi connectivity index (χ1v) is 5.40. The van der Waals surface area contributed by atoms with E-state index >= 15 is 0 Å². The maximum absolute atomic E-state index is 13.4. The van der Waals surface area contributed by atoms with Gasteiger partial charge in [-0.1, -0.05) is 6.07 Å². The van der Waals surface area contributed by atoms with Gasteiger partial charge in [0, 0.05) is 24.5 Å². The number of aliphatic hydroxyl groups excluding tert-OH is 1. The SMILES string of the molecule is OC(c1ccc(F)cc1F)C1CCC(F)(F)C1. The Balaban J connectivity index is 2.17. The molecule has 1 N–H and O–H groups in total. The van der Waals surface area contributed by atoms with Crippen LogP contribution in [0.5, 0.6) is 0 Å². The number of rotatable bonds is 2. The first kappa shape index (κ1) is 12.4. The third-order valence-electron chi connectivity index (χ3n) is 3.17. The molecule has 0 amide bonds. The van der Waals surface area contributed by atoms with E-state index in [1.54, 1.807) is 0 Å². The van der Waals surface area contributed by atoms with Crippen molar-refractivity contribution in [3.05, 3.63) is 35.4 Å². The lowest BCUT2D eigenvalue weighted by atomic mass is 9.94. The van der Waals surface area contributed by atoms with E-state index in [4.69, 9.17) is 0 Å². The van der Waals surface area contributed by atoms with Crippen LogP contribution in [0.2, 0.25) is 0 Å². The topological polar surface area (TPSA) is 20.2 Å². The van der Waals surface area contributed by atoms with E-state index in [1.165, 1.54) is 0 Å². The summed E-state index contributed by atoms with van der Waals surface area (Å²) in [6, 6.07) is 2.76. The second kappa shape index (κ2) is 4.29. The largest absolute Gasteiger partial charge is 0.388 e. The van der Waals surface area contributed by atoms with Crippen LogP contribution in [-0.2, 0) is 0 Å². The molecular weight excluding hydrogens is 236 g/mol. The Kier molecular flexibility index (Phi) is 3.12. The fourth-order valence-electron chi connectivity index (χ4n) is 2.25. The molecule has 1 aromatic carbocycles. The van der Waals surface area contributed by atoms with Gasteiger partial charge in [-0.3, -0.25) is 0 Å². The maximum Gasteiger partial charge on any atom is 0.248 e. The molecule has 0 bridgehead atoms. The molecule has 0 saturated heterocycles. The standard InChI is InChI=1S/C12H12F4O/c13-8-1-2-9(10(14)5-8)11(17)7-3-4-12(15,16)6-7/h1-2,5,7,11,17H,3-4,6H2. The van der Waals surface area contributed by atoms with E-state index in [-0.39, 0.29) is 18.4 Å². The zero-order chi connectivity index (χ0) is 12.6. The molecule has 0 heterocycles. The van der Waals surface area contributed by atoms with Crippen molar-refractivity contribution in [2.24, 2.45) is 5.92 Å². The zero-order valence-corrected chi connectivity index (χ0v) is 8.97. The van der Waals surface area contributed by atoms with Gasteiger partial charge in [-0.05, 0) is 18.4 Å². The minimum Gasteiger partial charge on any atom is -0.388 e. The van der Waals surface area contributed by atoms with Crippen molar-refractivity contribution in [2.45, 2.75) is 31.3 Å². The molecule has 5 heteroatoms. The summed E-state index contributed by atoms with van der Waals surface area (Å²) in [5, 5.41) is 9.83. The van der Waals surface area contributed by atoms with E-state index in [1.807, 2.05) is 0 Å². The van der Waals surface area contributed by atoms with Crippen LogP contribution in [0.3, 0.4) is 0 Å². The van der Waals surface area contributed by atoms with Gasteiger partial charge in [0.2, 0.25) is 5.92 Å². The molecule has 94 valence electrons. The van der Waals surface area contributed by atoms with Crippen LogP contribution < -0.4 is 0 Å². The number of alkyl halides is 2. The summed E-state index contributed by atoms with van der Waals surface area (Å²) in [5.74, 6) is -5.12. The monoisotopic (exact) mass is 248 g/mol. The zero-order valence-electron chi connectivity index (χ0n) is 8.97. The van der Waals surface area contributed by atoms with Crippen molar-refractivity contribution in [3.8, 4) is 0 Å². The summed E-state index contributed by atoms with van der Waals surface area (Å²) in [7, 11) is 0. The maximum atomic E-state index is 13.4. The molecule has 1 saturated carbocycles. The number of aliphatic hydroxyl groups is 1. The molecule has 1 fully saturated rings. The van der Waals surface area contributed by atoms with Crippen molar-refractivity contribution >= 4 is 0 Å². The molecule has 2 unspecified atom stereocenters. The molecule has 0 aromatic heterocycles. The lowest BCUT2D eigenvalue weighted by Crippen LogP contribution is -2.15. The fraction of sp³-hybridized carbons (Fsp3) is 0.500. The summed E-state index contributed by atoms with van der Waals surface area (Å²) >= 11 is 0. The summed E-state index contributed by atoms with van der Waals surface area (Å²) in [6.45, 7) is 0. The van der Waals surface area contributed by atoms with Crippen molar-refractivity contribution in [1.82, 2.24) is 0 Å². The van der Waals surface area contributed by atoms with E-state index in [0.29, 0.717) is 6.07 Å². The van der Waals surface area contributed by atoms with Gasteiger partial charge in [0.05, 0.1) is 6.10 Å². The molecule has 1 aromatic rings. The number of hydrogen-bond donors (Lipinski definition) is 1. The Morgan fingerprint density at radius 2 is 2.00 bits per heavy atom. The highest BCUT2D eigenvalue weighted by molar-refractivity contribution is 5.21. The van der Waals surface area contributed by atoms with E-state index in [2.05, 4.69) is 0 Å². The molecule has 2 atom stereocenters. The highest BCUT2D eigenvalue weighted by Gasteiger charge is 2.42. The van der Waals surface area contributed by atoms with E-state index in [0.717, 1.165) is 12.1 Å². The minimum atomic E-state index is -2.79. The predicted octanol–water partition coefficient (Wildman–Crippen LogP) is 3.43. The number of benzene rings is 1. The first-order chi connectivity index (χ1) is 7.89. The summed E-state index contributed by atoms with van der Waals surface area (Å²) < 4.78 is 52.0. The van der Waals surface area contributed by atoms with Gasteiger partial charge in [-0.15, -0.1) is 0 Å². The van der Waals surface area contributed by atoms with Gasteiger partial charge in [0.1, 0.15) is 11.6 Å². The third-order valence-corrected chi connectivity index (χ3v) is 3.17. The van der Waals surface area contributed by atoms with Crippen molar-refractivity contribution in [2.75, 3.05) is 0 Å². The van der Waals surface area contributed by atoms with Crippen LogP contribution in [-0.4, -0.2) is 11.0 Å². The quantitative estimate of drug-likeness (QED) is 0.795. The van der Waals surface area contributed by atoms with Crippen molar-refractivity contribution < 1.29 is 22.7 Å². The molecule has 1 nitrogen and oxygen atoms in total. The summed E-state index contributed by atoms with van der Waals surface area (Å²) in [4.78, 5) is 0. The molecule has 2 rings (SSSR count). The van der Waals surface area contributed by atoms with Gasteiger partial charge < -0.3 is 5.11 Å². The van der Waals surface area contributed by atoms with Crippen LogP contribution in [0, 0.1) is 17.6 Å². The molecule has 17 heavy (non-hydrogen) atoms. The van der Waals surface area contributed by atoms with Gasteiger partial charge in [0.15, 0.2) is 0 Å². The number of hydrogen-bond acceptors (Lipinski definition) is 1. The summed E-state index contributed by atoms with van der Waals surface area (Å²) in [5.41, 5.74) is -0.117. The Morgan fingerprint density at radius 1 is 1.29 bits per heavy atom. The van der Waals surface area contributed by atoms with Gasteiger partial charge in [-0.2, -0.15) is 0 Å². The van der Waals surface area contributed by atoms with Gasteiger partial charge in [0.25, 0.3) is 0 Å². The van der Waals surface area contributed by atoms with Crippen LogP contribution in [0.15, 0.2) is 18.2 Å². The van der Waals surface area contributed by atoms with Gasteiger partial charge in [-0.25, -0.2) is 17.6 Å². The Bertz CT molecular complexity index is 419. The second-order valence-corrected chi connectivity index (χ2v) is 4.47. The number of halogens is 4. The van der Waals surface area contributed by atoms with Crippen LogP contribution in [0.1, 0.15) is 30.9 Å². The Morgan fingerprint density at radius 3 is 2.53 bits per heavy atom. The van der Waals surface area contributed by atoms with Crippen LogP contribution in [0.25, 0.3) is 0 Å². The molecule has 0 spiro atoms. The van der Waals surface area contributed by atoms with Crippen LogP contribution in [0.4, 0.5) is 17.6 Å². The van der Waals surface area contributed by atoms with E-state index < -0.39 is 36.0 Å². The highest BCUT2D eigenvalue weighted by atomic mass is 19.3.